The molecule has 1 aliphatic heterocycles. The van der Waals surface area contributed by atoms with Crippen LogP contribution in [0, 0.1) is 0 Å². The van der Waals surface area contributed by atoms with Gasteiger partial charge in [-0.3, -0.25) is 4.79 Å². The zero-order valence-electron chi connectivity index (χ0n) is 10.1. The minimum absolute atomic E-state index is 0.0648. The zero-order chi connectivity index (χ0) is 12.7. The van der Waals surface area contributed by atoms with E-state index in [1.165, 1.54) is 0 Å². The molecule has 0 spiro atoms. The molecule has 0 saturated heterocycles. The van der Waals surface area contributed by atoms with Gasteiger partial charge in [0.25, 0.3) is 0 Å². The summed E-state index contributed by atoms with van der Waals surface area (Å²) in [4.78, 5) is 10.3. The standard InChI is InChI=1S/C8H6O3.C4H10O2/c9-4-6-1-2-7-8(3-6)11-5-10-7;1-4(5-2)6-3/h1-4H,5H2;4H,1-3H3. The molecule has 0 radical (unpaired) electrons. The Kier molecular flexibility index (Phi) is 5.45. The van der Waals surface area contributed by atoms with E-state index in [2.05, 4.69) is 9.47 Å². The van der Waals surface area contributed by atoms with Crippen LogP contribution in [0.2, 0.25) is 0 Å². The number of fused-ring (bicyclic) bond motifs is 1. The van der Waals surface area contributed by atoms with Crippen molar-refractivity contribution in [1.29, 1.82) is 0 Å². The van der Waals surface area contributed by atoms with E-state index in [1.807, 2.05) is 6.92 Å². The molecule has 0 fully saturated rings. The summed E-state index contributed by atoms with van der Waals surface area (Å²) in [7, 11) is 3.21. The lowest BCUT2D eigenvalue weighted by atomic mass is 10.2. The molecule has 0 unspecified atom stereocenters. The second kappa shape index (κ2) is 6.88. The predicted octanol–water partition coefficient (Wildman–Crippen LogP) is 1.85. The van der Waals surface area contributed by atoms with Crippen molar-refractivity contribution in [2.75, 3.05) is 21.0 Å². The minimum Gasteiger partial charge on any atom is -0.454 e. The van der Waals surface area contributed by atoms with Crippen LogP contribution in [0.15, 0.2) is 18.2 Å². The summed E-state index contributed by atoms with van der Waals surface area (Å²) >= 11 is 0. The predicted molar refractivity (Wildman–Crippen MR) is 61.4 cm³/mol. The van der Waals surface area contributed by atoms with Crippen molar-refractivity contribution in [1.82, 2.24) is 0 Å². The second-order valence-electron chi connectivity index (χ2n) is 3.27. The molecule has 5 nitrogen and oxygen atoms in total. The maximum Gasteiger partial charge on any atom is 0.231 e. The molecule has 2 rings (SSSR count). The molecule has 1 aromatic rings. The largest absolute Gasteiger partial charge is 0.454 e. The molecule has 1 heterocycles. The number of carbonyl (C=O) groups is 1. The fraction of sp³-hybridized carbons (Fsp3) is 0.417. The van der Waals surface area contributed by atoms with Gasteiger partial charge >= 0.3 is 0 Å². The van der Waals surface area contributed by atoms with E-state index in [0.29, 0.717) is 17.1 Å². The van der Waals surface area contributed by atoms with E-state index in [4.69, 9.17) is 9.47 Å². The number of rotatable bonds is 3. The molecule has 0 saturated carbocycles. The first-order valence-electron chi connectivity index (χ1n) is 5.11. The first kappa shape index (κ1) is 13.5. The Labute approximate surface area is 100 Å². The Morgan fingerprint density at radius 3 is 2.41 bits per heavy atom. The highest BCUT2D eigenvalue weighted by molar-refractivity contribution is 5.76. The van der Waals surface area contributed by atoms with Crippen LogP contribution >= 0.6 is 0 Å². The van der Waals surface area contributed by atoms with E-state index in [-0.39, 0.29) is 13.1 Å². The lowest BCUT2D eigenvalue weighted by Crippen LogP contribution is -2.05. The zero-order valence-corrected chi connectivity index (χ0v) is 10.1. The third-order valence-electron chi connectivity index (χ3n) is 2.20. The summed E-state index contributed by atoms with van der Waals surface area (Å²) in [6, 6.07) is 5.09. The third-order valence-corrected chi connectivity index (χ3v) is 2.20. The van der Waals surface area contributed by atoms with Crippen LogP contribution in [0.4, 0.5) is 0 Å². The third kappa shape index (κ3) is 4.05. The lowest BCUT2D eigenvalue weighted by Gasteiger charge is -2.03. The van der Waals surface area contributed by atoms with E-state index in [1.54, 1.807) is 32.4 Å². The minimum atomic E-state index is -0.0648. The molecular weight excluding hydrogens is 224 g/mol. The Morgan fingerprint density at radius 1 is 1.24 bits per heavy atom. The molecule has 0 aromatic heterocycles. The van der Waals surface area contributed by atoms with Crippen LogP contribution in [0.25, 0.3) is 0 Å². The van der Waals surface area contributed by atoms with Gasteiger partial charge in [-0.25, -0.2) is 0 Å². The smallest absolute Gasteiger partial charge is 0.231 e. The number of methoxy groups -OCH3 is 2. The van der Waals surface area contributed by atoms with E-state index >= 15 is 0 Å². The fourth-order valence-corrected chi connectivity index (χ4v) is 1.08. The van der Waals surface area contributed by atoms with E-state index in [0.717, 1.165) is 6.29 Å². The van der Waals surface area contributed by atoms with Crippen molar-refractivity contribution < 1.29 is 23.7 Å². The monoisotopic (exact) mass is 240 g/mol. The summed E-state index contributed by atoms with van der Waals surface area (Å²) in [5.74, 6) is 1.35. The Balaban J connectivity index is 0.000000209. The molecule has 0 amide bonds. The van der Waals surface area contributed by atoms with Gasteiger partial charge in [0.1, 0.15) is 6.29 Å². The van der Waals surface area contributed by atoms with Crippen LogP contribution in [0.1, 0.15) is 17.3 Å². The van der Waals surface area contributed by atoms with Crippen LogP contribution in [0.3, 0.4) is 0 Å². The Hall–Kier alpha value is -1.59. The molecule has 1 aliphatic rings. The number of carbonyl (C=O) groups excluding carboxylic acids is 1. The van der Waals surface area contributed by atoms with Crippen LogP contribution in [-0.4, -0.2) is 33.6 Å². The van der Waals surface area contributed by atoms with Crippen molar-refractivity contribution in [3.05, 3.63) is 23.8 Å². The molecule has 0 bridgehead atoms. The van der Waals surface area contributed by atoms with Crippen LogP contribution < -0.4 is 9.47 Å². The summed E-state index contributed by atoms with van der Waals surface area (Å²) in [5.41, 5.74) is 0.606. The van der Waals surface area contributed by atoms with Crippen molar-refractivity contribution in [2.45, 2.75) is 13.2 Å². The quantitative estimate of drug-likeness (QED) is 0.596. The lowest BCUT2D eigenvalue weighted by molar-refractivity contribution is -0.0877. The highest BCUT2D eigenvalue weighted by Crippen LogP contribution is 2.31. The molecule has 1 aromatic carbocycles. The molecule has 0 atom stereocenters. The number of hydrogen-bond acceptors (Lipinski definition) is 5. The molecule has 0 aliphatic carbocycles. The maximum atomic E-state index is 10.3. The first-order valence-corrected chi connectivity index (χ1v) is 5.11. The van der Waals surface area contributed by atoms with Crippen LogP contribution in [0.5, 0.6) is 11.5 Å². The van der Waals surface area contributed by atoms with Crippen molar-refractivity contribution in [2.24, 2.45) is 0 Å². The molecule has 0 N–H and O–H groups in total. The highest BCUT2D eigenvalue weighted by Gasteiger charge is 2.12. The molecule has 5 heteroatoms. The van der Waals surface area contributed by atoms with Crippen molar-refractivity contribution in [3.63, 3.8) is 0 Å². The average molecular weight is 240 g/mol. The average Bonchev–Trinajstić information content (AvgIpc) is 2.85. The van der Waals surface area contributed by atoms with Gasteiger partial charge in [-0.15, -0.1) is 0 Å². The van der Waals surface area contributed by atoms with Gasteiger partial charge in [0.05, 0.1) is 0 Å². The van der Waals surface area contributed by atoms with Gasteiger partial charge in [-0.05, 0) is 25.1 Å². The highest BCUT2D eigenvalue weighted by atomic mass is 16.7. The van der Waals surface area contributed by atoms with Gasteiger partial charge in [0.2, 0.25) is 6.79 Å². The van der Waals surface area contributed by atoms with Crippen molar-refractivity contribution >= 4 is 6.29 Å². The summed E-state index contributed by atoms with van der Waals surface area (Å²) < 4.78 is 19.5. The fourth-order valence-electron chi connectivity index (χ4n) is 1.08. The SMILES string of the molecule is COC(C)OC.O=Cc1ccc2c(c1)OCO2. The summed E-state index contributed by atoms with van der Waals surface area (Å²) in [6.07, 6.45) is 0.715. The van der Waals surface area contributed by atoms with Gasteiger partial charge in [0, 0.05) is 19.8 Å². The Morgan fingerprint density at radius 2 is 1.88 bits per heavy atom. The van der Waals surface area contributed by atoms with Crippen LogP contribution in [-0.2, 0) is 9.47 Å². The van der Waals surface area contributed by atoms with Gasteiger partial charge < -0.3 is 18.9 Å². The molecular formula is C12H16O5. The topological polar surface area (TPSA) is 54.0 Å². The summed E-state index contributed by atoms with van der Waals surface area (Å²) in [6.45, 7) is 2.08. The Bertz CT molecular complexity index is 360. The number of benzene rings is 1. The first-order chi connectivity index (χ1) is 8.21. The maximum absolute atomic E-state index is 10.3. The van der Waals surface area contributed by atoms with Gasteiger partial charge in [-0.1, -0.05) is 0 Å². The normalized spacial score (nSPS) is 12.0. The number of aldehydes is 1. The molecule has 17 heavy (non-hydrogen) atoms. The molecule has 94 valence electrons. The van der Waals surface area contributed by atoms with E-state index in [9.17, 15) is 4.79 Å². The van der Waals surface area contributed by atoms with Gasteiger partial charge in [0.15, 0.2) is 17.8 Å². The van der Waals surface area contributed by atoms with Crippen molar-refractivity contribution in [3.8, 4) is 11.5 Å². The second-order valence-corrected chi connectivity index (χ2v) is 3.27. The number of ether oxygens (including phenoxy) is 4. The number of hydrogen-bond donors (Lipinski definition) is 0. The summed E-state index contributed by atoms with van der Waals surface area (Å²) in [5, 5.41) is 0. The van der Waals surface area contributed by atoms with Gasteiger partial charge in [-0.2, -0.15) is 0 Å². The van der Waals surface area contributed by atoms with E-state index < -0.39 is 0 Å².